The summed E-state index contributed by atoms with van der Waals surface area (Å²) in [6, 6.07) is 5.06. The van der Waals surface area contributed by atoms with Crippen molar-refractivity contribution in [2.45, 2.75) is 12.8 Å². The maximum absolute atomic E-state index is 12.3. The Morgan fingerprint density at radius 3 is 2.67 bits per heavy atom. The second-order valence-electron chi connectivity index (χ2n) is 6.03. The number of rotatable bonds is 4. The first-order valence-electron chi connectivity index (χ1n) is 8.16. The predicted molar refractivity (Wildman–Crippen MR) is 87.1 cm³/mol. The molecule has 0 unspecified atom stereocenters. The number of nitrogens with zero attached hydrogens (tertiary/aromatic N) is 3. The number of nitrogens with one attached hydrogen (secondary N) is 2. The van der Waals surface area contributed by atoms with Crippen LogP contribution in [0.25, 0.3) is 0 Å². The van der Waals surface area contributed by atoms with E-state index < -0.39 is 0 Å². The van der Waals surface area contributed by atoms with E-state index in [0.717, 1.165) is 0 Å². The summed E-state index contributed by atoms with van der Waals surface area (Å²) in [5.41, 5.74) is 0. The SMILES string of the molecule is O=C(Nc1ccccn1)C1CCN(CC(=O)N2CCNC2=O)CC1. The van der Waals surface area contributed by atoms with Crippen LogP contribution >= 0.6 is 0 Å². The van der Waals surface area contributed by atoms with Gasteiger partial charge in [-0.25, -0.2) is 9.78 Å². The van der Waals surface area contributed by atoms with Gasteiger partial charge in [-0.1, -0.05) is 6.07 Å². The smallest absolute Gasteiger partial charge is 0.324 e. The van der Waals surface area contributed by atoms with Crippen molar-refractivity contribution >= 4 is 23.7 Å². The van der Waals surface area contributed by atoms with E-state index >= 15 is 0 Å². The van der Waals surface area contributed by atoms with Gasteiger partial charge >= 0.3 is 6.03 Å². The molecule has 0 saturated carbocycles. The number of piperidine rings is 1. The molecule has 0 bridgehead atoms. The zero-order chi connectivity index (χ0) is 16.9. The van der Waals surface area contributed by atoms with E-state index in [1.54, 1.807) is 18.3 Å². The Hall–Kier alpha value is -2.48. The minimum Gasteiger partial charge on any atom is -0.336 e. The van der Waals surface area contributed by atoms with Gasteiger partial charge in [0.1, 0.15) is 5.82 Å². The molecule has 1 aromatic rings. The number of aromatic nitrogens is 1. The molecule has 0 spiro atoms. The molecule has 128 valence electrons. The number of hydrogen-bond acceptors (Lipinski definition) is 5. The lowest BCUT2D eigenvalue weighted by molar-refractivity contribution is -0.129. The fraction of sp³-hybridized carbons (Fsp3) is 0.500. The van der Waals surface area contributed by atoms with Gasteiger partial charge in [0.2, 0.25) is 11.8 Å². The Morgan fingerprint density at radius 1 is 1.25 bits per heavy atom. The largest absolute Gasteiger partial charge is 0.336 e. The molecular weight excluding hydrogens is 310 g/mol. The number of pyridine rings is 1. The Kier molecular flexibility index (Phi) is 5.05. The number of amides is 4. The van der Waals surface area contributed by atoms with Gasteiger partial charge in [-0.05, 0) is 38.1 Å². The molecule has 8 heteroatoms. The predicted octanol–water partition coefficient (Wildman–Crippen LogP) is 0.284. The van der Waals surface area contributed by atoms with Crippen LogP contribution in [0, 0.1) is 5.92 Å². The molecule has 1 aromatic heterocycles. The maximum atomic E-state index is 12.3. The molecule has 2 aliphatic heterocycles. The highest BCUT2D eigenvalue weighted by atomic mass is 16.2. The van der Waals surface area contributed by atoms with Crippen LogP contribution in [0.15, 0.2) is 24.4 Å². The summed E-state index contributed by atoms with van der Waals surface area (Å²) >= 11 is 0. The van der Waals surface area contributed by atoms with Crippen LogP contribution in [-0.2, 0) is 9.59 Å². The van der Waals surface area contributed by atoms with E-state index in [0.29, 0.717) is 44.8 Å². The Balaban J connectivity index is 1.44. The number of likely N-dealkylation sites (tertiary alicyclic amines) is 1. The highest BCUT2D eigenvalue weighted by molar-refractivity contribution is 5.96. The van der Waals surface area contributed by atoms with Crippen molar-refractivity contribution < 1.29 is 14.4 Å². The first kappa shape index (κ1) is 16.4. The fourth-order valence-corrected chi connectivity index (χ4v) is 3.00. The zero-order valence-electron chi connectivity index (χ0n) is 13.4. The van der Waals surface area contributed by atoms with Crippen molar-refractivity contribution in [3.63, 3.8) is 0 Å². The normalized spacial score (nSPS) is 19.2. The Labute approximate surface area is 140 Å². The van der Waals surface area contributed by atoms with Gasteiger partial charge in [0, 0.05) is 25.2 Å². The van der Waals surface area contributed by atoms with Crippen molar-refractivity contribution in [1.29, 1.82) is 0 Å². The fourth-order valence-electron chi connectivity index (χ4n) is 3.00. The van der Waals surface area contributed by atoms with Gasteiger partial charge in [0.15, 0.2) is 0 Å². The molecular formula is C16H21N5O3. The van der Waals surface area contributed by atoms with Gasteiger partial charge in [-0.15, -0.1) is 0 Å². The number of carbonyl (C=O) groups excluding carboxylic acids is 3. The second-order valence-corrected chi connectivity index (χ2v) is 6.03. The van der Waals surface area contributed by atoms with Crippen LogP contribution < -0.4 is 10.6 Å². The van der Waals surface area contributed by atoms with Crippen LogP contribution in [0.1, 0.15) is 12.8 Å². The van der Waals surface area contributed by atoms with Crippen LogP contribution in [0.3, 0.4) is 0 Å². The third kappa shape index (κ3) is 3.88. The third-order valence-electron chi connectivity index (χ3n) is 4.39. The Bertz CT molecular complexity index is 613. The first-order valence-corrected chi connectivity index (χ1v) is 8.16. The number of carbonyl (C=O) groups is 3. The van der Waals surface area contributed by atoms with Crippen molar-refractivity contribution in [3.8, 4) is 0 Å². The standard InChI is InChI=1S/C16H21N5O3/c22-14(21-10-7-18-16(21)24)11-20-8-4-12(5-9-20)15(23)19-13-3-1-2-6-17-13/h1-3,6,12H,4-5,7-11H2,(H,18,24)(H,17,19,23). The molecule has 4 amide bonds. The molecule has 3 rings (SSSR count). The monoisotopic (exact) mass is 331 g/mol. The Morgan fingerprint density at radius 2 is 2.04 bits per heavy atom. The molecule has 2 saturated heterocycles. The molecule has 0 atom stereocenters. The summed E-state index contributed by atoms with van der Waals surface area (Å²) in [5, 5.41) is 5.44. The van der Waals surface area contributed by atoms with E-state index in [9.17, 15) is 14.4 Å². The minimum atomic E-state index is -0.315. The molecule has 8 nitrogen and oxygen atoms in total. The molecule has 0 radical (unpaired) electrons. The highest BCUT2D eigenvalue weighted by Gasteiger charge is 2.30. The van der Waals surface area contributed by atoms with Crippen molar-refractivity contribution in [2.24, 2.45) is 5.92 Å². The molecule has 24 heavy (non-hydrogen) atoms. The summed E-state index contributed by atoms with van der Waals surface area (Å²) in [5.74, 6) is 0.272. The molecule has 3 heterocycles. The average molecular weight is 331 g/mol. The van der Waals surface area contributed by atoms with Crippen molar-refractivity contribution in [2.75, 3.05) is 38.0 Å². The van der Waals surface area contributed by atoms with Crippen LogP contribution in [0.4, 0.5) is 10.6 Å². The van der Waals surface area contributed by atoms with Crippen molar-refractivity contribution in [3.05, 3.63) is 24.4 Å². The quantitative estimate of drug-likeness (QED) is 0.827. The molecule has 0 aromatic carbocycles. The summed E-state index contributed by atoms with van der Waals surface area (Å²) in [4.78, 5) is 43.2. The second kappa shape index (κ2) is 7.39. The van der Waals surface area contributed by atoms with Gasteiger partial charge in [0.25, 0.3) is 0 Å². The van der Waals surface area contributed by atoms with E-state index in [4.69, 9.17) is 0 Å². The minimum absolute atomic E-state index is 0.0291. The maximum Gasteiger partial charge on any atom is 0.324 e. The topological polar surface area (TPSA) is 94.6 Å². The van der Waals surface area contributed by atoms with E-state index in [1.165, 1.54) is 4.90 Å². The summed E-state index contributed by atoms with van der Waals surface area (Å²) in [7, 11) is 0. The lowest BCUT2D eigenvalue weighted by atomic mass is 9.96. The van der Waals surface area contributed by atoms with Crippen LogP contribution in [0.5, 0.6) is 0 Å². The molecule has 2 N–H and O–H groups in total. The molecule has 2 fully saturated rings. The summed E-state index contributed by atoms with van der Waals surface area (Å²) < 4.78 is 0. The van der Waals surface area contributed by atoms with Gasteiger partial charge in [-0.2, -0.15) is 0 Å². The van der Waals surface area contributed by atoms with Crippen LogP contribution in [-0.4, -0.2) is 65.4 Å². The van der Waals surface area contributed by atoms with E-state index in [-0.39, 0.29) is 30.3 Å². The first-order chi connectivity index (χ1) is 11.6. The van der Waals surface area contributed by atoms with E-state index in [2.05, 4.69) is 15.6 Å². The molecule has 0 aliphatic carbocycles. The molecule has 2 aliphatic rings. The van der Waals surface area contributed by atoms with E-state index in [1.807, 2.05) is 11.0 Å². The summed E-state index contributed by atoms with van der Waals surface area (Å²) in [6.07, 6.45) is 3.02. The lowest BCUT2D eigenvalue weighted by Gasteiger charge is -2.31. The average Bonchev–Trinajstić information content (AvgIpc) is 3.02. The number of hydrogen-bond donors (Lipinski definition) is 2. The van der Waals surface area contributed by atoms with Gasteiger partial charge in [0.05, 0.1) is 6.54 Å². The number of anilines is 1. The van der Waals surface area contributed by atoms with Gasteiger partial charge < -0.3 is 10.6 Å². The number of urea groups is 1. The lowest BCUT2D eigenvalue weighted by Crippen LogP contribution is -2.45. The zero-order valence-corrected chi connectivity index (χ0v) is 13.4. The summed E-state index contributed by atoms with van der Waals surface area (Å²) in [6.45, 7) is 2.51. The third-order valence-corrected chi connectivity index (χ3v) is 4.39. The van der Waals surface area contributed by atoms with Crippen molar-refractivity contribution in [1.82, 2.24) is 20.1 Å². The van der Waals surface area contributed by atoms with Crippen LogP contribution in [0.2, 0.25) is 0 Å². The van der Waals surface area contributed by atoms with Gasteiger partial charge in [-0.3, -0.25) is 19.4 Å². The highest BCUT2D eigenvalue weighted by Crippen LogP contribution is 2.19. The number of imide groups is 1.